The predicted molar refractivity (Wildman–Crippen MR) is 74.0 cm³/mol. The molecule has 106 valence electrons. The largest absolute Gasteiger partial charge is 0.497 e. The molecule has 1 unspecified atom stereocenters. The fourth-order valence-corrected chi connectivity index (χ4v) is 1.76. The lowest BCUT2D eigenvalue weighted by molar-refractivity contribution is 0.0933. The lowest BCUT2D eigenvalue weighted by Gasteiger charge is -2.15. The number of carbonyl (C=O) groups is 1. The standard InChI is InChI=1S/C15H22FNO2/c1-10(2)5-6-11(3)17-15(18)13-8-7-12(19-4)9-14(13)16/h7-11H,5-6H2,1-4H3,(H,17,18). The van der Waals surface area contributed by atoms with E-state index in [1.807, 2.05) is 6.92 Å². The molecule has 0 radical (unpaired) electrons. The van der Waals surface area contributed by atoms with Gasteiger partial charge < -0.3 is 10.1 Å². The van der Waals surface area contributed by atoms with Crippen molar-refractivity contribution in [2.45, 2.75) is 39.7 Å². The SMILES string of the molecule is COc1ccc(C(=O)NC(C)CCC(C)C)c(F)c1. The number of carbonyl (C=O) groups excluding carboxylic acids is 1. The van der Waals surface area contributed by atoms with Crippen LogP contribution in [0.4, 0.5) is 4.39 Å². The normalized spacial score (nSPS) is 12.3. The van der Waals surface area contributed by atoms with Crippen LogP contribution >= 0.6 is 0 Å². The van der Waals surface area contributed by atoms with Gasteiger partial charge in [-0.2, -0.15) is 0 Å². The lowest BCUT2D eigenvalue weighted by atomic mass is 10.0. The summed E-state index contributed by atoms with van der Waals surface area (Å²) >= 11 is 0. The van der Waals surface area contributed by atoms with Crippen LogP contribution < -0.4 is 10.1 Å². The van der Waals surface area contributed by atoms with Gasteiger partial charge in [0.15, 0.2) is 0 Å². The lowest BCUT2D eigenvalue weighted by Crippen LogP contribution is -2.33. The first kappa shape index (κ1) is 15.5. The number of methoxy groups -OCH3 is 1. The summed E-state index contributed by atoms with van der Waals surface area (Å²) in [5.74, 6) is 0.0586. The first-order chi connectivity index (χ1) is 8.93. The Balaban J connectivity index is 2.62. The van der Waals surface area contributed by atoms with Gasteiger partial charge >= 0.3 is 0 Å². The van der Waals surface area contributed by atoms with E-state index in [0.29, 0.717) is 11.7 Å². The van der Waals surface area contributed by atoms with E-state index >= 15 is 0 Å². The molecule has 0 fully saturated rings. The van der Waals surface area contributed by atoms with E-state index in [0.717, 1.165) is 12.8 Å². The molecule has 1 aromatic rings. The Hall–Kier alpha value is -1.58. The van der Waals surface area contributed by atoms with Crippen molar-refractivity contribution in [3.63, 3.8) is 0 Å². The minimum absolute atomic E-state index is 0.0383. The van der Waals surface area contributed by atoms with E-state index in [4.69, 9.17) is 4.74 Å². The van der Waals surface area contributed by atoms with Crippen LogP contribution in [0, 0.1) is 11.7 Å². The van der Waals surface area contributed by atoms with Gasteiger partial charge in [0.2, 0.25) is 0 Å². The number of rotatable bonds is 6. The molecule has 19 heavy (non-hydrogen) atoms. The smallest absolute Gasteiger partial charge is 0.254 e. The number of benzene rings is 1. The van der Waals surface area contributed by atoms with Gasteiger partial charge in [-0.05, 0) is 37.8 Å². The molecular formula is C15H22FNO2. The number of hydrogen-bond acceptors (Lipinski definition) is 2. The Morgan fingerprint density at radius 2 is 2.00 bits per heavy atom. The van der Waals surface area contributed by atoms with Crippen molar-refractivity contribution in [1.29, 1.82) is 0 Å². The first-order valence-electron chi connectivity index (χ1n) is 6.58. The van der Waals surface area contributed by atoms with E-state index in [1.54, 1.807) is 6.07 Å². The maximum atomic E-state index is 13.7. The fourth-order valence-electron chi connectivity index (χ4n) is 1.76. The highest BCUT2D eigenvalue weighted by Gasteiger charge is 2.14. The van der Waals surface area contributed by atoms with Crippen molar-refractivity contribution in [3.05, 3.63) is 29.6 Å². The summed E-state index contributed by atoms with van der Waals surface area (Å²) in [4.78, 5) is 11.9. The zero-order chi connectivity index (χ0) is 14.4. The van der Waals surface area contributed by atoms with Crippen LogP contribution in [-0.2, 0) is 0 Å². The predicted octanol–water partition coefficient (Wildman–Crippen LogP) is 3.39. The molecular weight excluding hydrogens is 245 g/mol. The van der Waals surface area contributed by atoms with Crippen LogP contribution in [-0.4, -0.2) is 19.1 Å². The van der Waals surface area contributed by atoms with Gasteiger partial charge in [-0.15, -0.1) is 0 Å². The van der Waals surface area contributed by atoms with Crippen LogP contribution in [0.2, 0.25) is 0 Å². The average Bonchev–Trinajstić information content (AvgIpc) is 2.35. The second-order valence-electron chi connectivity index (χ2n) is 5.19. The summed E-state index contributed by atoms with van der Waals surface area (Å²) in [6, 6.07) is 4.28. The molecule has 0 bridgehead atoms. The molecule has 1 N–H and O–H groups in total. The molecule has 0 aliphatic carbocycles. The van der Waals surface area contributed by atoms with Crippen molar-refractivity contribution in [1.82, 2.24) is 5.32 Å². The molecule has 0 aliphatic rings. The Labute approximate surface area is 114 Å². The van der Waals surface area contributed by atoms with Crippen LogP contribution in [0.25, 0.3) is 0 Å². The molecule has 0 saturated heterocycles. The minimum Gasteiger partial charge on any atom is -0.497 e. The van der Waals surface area contributed by atoms with Crippen LogP contribution in [0.3, 0.4) is 0 Å². The van der Waals surface area contributed by atoms with Gasteiger partial charge in [0.1, 0.15) is 11.6 Å². The summed E-state index contributed by atoms with van der Waals surface area (Å²) < 4.78 is 18.6. The topological polar surface area (TPSA) is 38.3 Å². The molecule has 1 aromatic carbocycles. The maximum Gasteiger partial charge on any atom is 0.254 e. The zero-order valence-corrected chi connectivity index (χ0v) is 12.0. The second-order valence-corrected chi connectivity index (χ2v) is 5.19. The van der Waals surface area contributed by atoms with Gasteiger partial charge in [0.05, 0.1) is 12.7 Å². The molecule has 4 heteroatoms. The van der Waals surface area contributed by atoms with Gasteiger partial charge in [-0.3, -0.25) is 4.79 Å². The number of halogens is 1. The molecule has 0 heterocycles. The molecule has 1 rings (SSSR count). The zero-order valence-electron chi connectivity index (χ0n) is 12.0. The highest BCUT2D eigenvalue weighted by molar-refractivity contribution is 5.94. The summed E-state index contributed by atoms with van der Waals surface area (Å²) in [6.45, 7) is 6.21. The Morgan fingerprint density at radius 1 is 1.32 bits per heavy atom. The second kappa shape index (κ2) is 7.12. The monoisotopic (exact) mass is 267 g/mol. The minimum atomic E-state index is -0.562. The van der Waals surface area contributed by atoms with E-state index in [1.165, 1.54) is 19.2 Å². The van der Waals surface area contributed by atoms with Crippen molar-refractivity contribution in [2.75, 3.05) is 7.11 Å². The van der Waals surface area contributed by atoms with Crippen LogP contribution in [0.1, 0.15) is 44.0 Å². The highest BCUT2D eigenvalue weighted by atomic mass is 19.1. The van der Waals surface area contributed by atoms with Crippen molar-refractivity contribution in [3.8, 4) is 5.75 Å². The van der Waals surface area contributed by atoms with E-state index in [9.17, 15) is 9.18 Å². The highest BCUT2D eigenvalue weighted by Crippen LogP contribution is 2.16. The Morgan fingerprint density at radius 3 is 2.53 bits per heavy atom. The third kappa shape index (κ3) is 4.89. The number of amides is 1. The number of ether oxygens (including phenoxy) is 1. The van der Waals surface area contributed by atoms with E-state index < -0.39 is 5.82 Å². The maximum absolute atomic E-state index is 13.7. The Kier molecular flexibility index (Phi) is 5.80. The molecule has 1 atom stereocenters. The summed E-state index contributed by atoms with van der Waals surface area (Å²) in [7, 11) is 1.46. The van der Waals surface area contributed by atoms with Gasteiger partial charge in [-0.25, -0.2) is 4.39 Å². The fraction of sp³-hybridized carbons (Fsp3) is 0.533. The van der Waals surface area contributed by atoms with Crippen molar-refractivity contribution >= 4 is 5.91 Å². The molecule has 0 saturated carbocycles. The van der Waals surface area contributed by atoms with Gasteiger partial charge in [-0.1, -0.05) is 13.8 Å². The summed E-state index contributed by atoms with van der Waals surface area (Å²) in [5, 5.41) is 2.81. The first-order valence-corrected chi connectivity index (χ1v) is 6.58. The molecule has 0 aromatic heterocycles. The summed E-state index contributed by atoms with van der Waals surface area (Å²) in [5.41, 5.74) is 0.0530. The van der Waals surface area contributed by atoms with Crippen LogP contribution in [0.5, 0.6) is 5.75 Å². The van der Waals surface area contributed by atoms with Gasteiger partial charge in [0.25, 0.3) is 5.91 Å². The molecule has 3 nitrogen and oxygen atoms in total. The summed E-state index contributed by atoms with van der Waals surface area (Å²) in [6.07, 6.45) is 1.92. The Bertz CT molecular complexity index is 432. The van der Waals surface area contributed by atoms with Crippen molar-refractivity contribution < 1.29 is 13.9 Å². The number of hydrogen-bond donors (Lipinski definition) is 1. The quantitative estimate of drug-likeness (QED) is 0.858. The molecule has 0 aliphatic heterocycles. The average molecular weight is 267 g/mol. The van der Waals surface area contributed by atoms with E-state index in [-0.39, 0.29) is 17.5 Å². The third-order valence-corrected chi connectivity index (χ3v) is 2.98. The van der Waals surface area contributed by atoms with Crippen molar-refractivity contribution in [2.24, 2.45) is 5.92 Å². The van der Waals surface area contributed by atoms with Crippen LogP contribution in [0.15, 0.2) is 18.2 Å². The van der Waals surface area contributed by atoms with Gasteiger partial charge in [0, 0.05) is 12.1 Å². The van der Waals surface area contributed by atoms with E-state index in [2.05, 4.69) is 19.2 Å². The third-order valence-electron chi connectivity index (χ3n) is 2.98. The molecule has 1 amide bonds. The number of nitrogens with one attached hydrogen (secondary N) is 1. The molecule has 0 spiro atoms.